The van der Waals surface area contributed by atoms with Crippen LogP contribution in [0.5, 0.6) is 0 Å². The van der Waals surface area contributed by atoms with E-state index in [9.17, 15) is 0 Å². The fourth-order valence-electron chi connectivity index (χ4n) is 7.48. The second kappa shape index (κ2) is 19.8. The topological polar surface area (TPSA) is 15.7 Å². The Hall–Kier alpha value is -6.16. The molecule has 6 aromatic carbocycles. The van der Waals surface area contributed by atoms with Crippen LogP contribution in [0.3, 0.4) is 0 Å². The second-order valence-corrected chi connectivity index (χ2v) is 15.3. The van der Waals surface area contributed by atoms with Gasteiger partial charge < -0.3 is 14.5 Å². The molecule has 3 heteroatoms. The summed E-state index contributed by atoms with van der Waals surface area (Å²) in [5, 5.41) is 0. The molecule has 1 aliphatic heterocycles. The predicted molar refractivity (Wildman–Crippen MR) is 249 cm³/mol. The van der Waals surface area contributed by atoms with Gasteiger partial charge in [-0.25, -0.2) is 0 Å². The number of benzene rings is 6. The van der Waals surface area contributed by atoms with Gasteiger partial charge in [0.25, 0.3) is 0 Å². The Balaban J connectivity index is 0.997. The number of rotatable bonds is 15. The van der Waals surface area contributed by atoms with Crippen LogP contribution in [-0.4, -0.2) is 12.7 Å². The maximum absolute atomic E-state index is 6.18. The van der Waals surface area contributed by atoms with Crippen molar-refractivity contribution in [1.29, 1.82) is 0 Å². The van der Waals surface area contributed by atoms with Gasteiger partial charge in [-0.15, -0.1) is 0 Å². The molecule has 0 bridgehead atoms. The first kappa shape index (κ1) is 40.1. The molecule has 0 spiro atoms. The van der Waals surface area contributed by atoms with E-state index in [1.54, 1.807) is 0 Å². The van der Waals surface area contributed by atoms with Crippen LogP contribution in [0.4, 0.5) is 34.1 Å². The van der Waals surface area contributed by atoms with Crippen molar-refractivity contribution in [2.75, 3.05) is 16.4 Å². The van der Waals surface area contributed by atoms with Gasteiger partial charge in [0.1, 0.15) is 0 Å². The molecule has 0 aromatic heterocycles. The van der Waals surface area contributed by atoms with E-state index in [1.807, 2.05) is 0 Å². The van der Waals surface area contributed by atoms with Crippen LogP contribution in [0, 0.1) is 0 Å². The summed E-state index contributed by atoms with van der Waals surface area (Å²) in [6.07, 6.45) is 18.5. The summed E-state index contributed by atoms with van der Waals surface area (Å²) in [4.78, 5) is 4.64. The summed E-state index contributed by atoms with van der Waals surface area (Å²) < 4.78 is 6.18. The van der Waals surface area contributed by atoms with Gasteiger partial charge >= 0.3 is 0 Å². The van der Waals surface area contributed by atoms with Gasteiger partial charge in [0.2, 0.25) is 0 Å². The molecule has 2 unspecified atom stereocenters. The van der Waals surface area contributed by atoms with Crippen LogP contribution in [0.15, 0.2) is 194 Å². The van der Waals surface area contributed by atoms with Crippen LogP contribution in [0.1, 0.15) is 81.0 Å². The summed E-state index contributed by atoms with van der Waals surface area (Å²) in [5.41, 5.74) is 13.0. The molecular weight excluding hydrogens is 705 g/mol. The van der Waals surface area contributed by atoms with E-state index in [4.69, 9.17) is 4.74 Å². The van der Waals surface area contributed by atoms with Crippen molar-refractivity contribution >= 4 is 46.3 Å². The molecule has 1 aliphatic rings. The summed E-state index contributed by atoms with van der Waals surface area (Å²) in [5.74, 6) is 1.11. The Morgan fingerprint density at radius 2 is 0.983 bits per heavy atom. The van der Waals surface area contributed by atoms with E-state index < -0.39 is 0 Å². The fraction of sp³-hybridized carbons (Fsp3) is 0.200. The Bertz CT molecular complexity index is 2290. The summed E-state index contributed by atoms with van der Waals surface area (Å²) >= 11 is 0. The van der Waals surface area contributed by atoms with Crippen molar-refractivity contribution in [2.24, 2.45) is 0 Å². The molecule has 3 atom stereocenters. The molecule has 1 heterocycles. The van der Waals surface area contributed by atoms with Crippen LogP contribution in [0.25, 0.3) is 12.2 Å². The molecule has 7 rings (SSSR count). The van der Waals surface area contributed by atoms with Gasteiger partial charge in [-0.1, -0.05) is 162 Å². The van der Waals surface area contributed by atoms with Crippen molar-refractivity contribution in [2.45, 2.75) is 64.9 Å². The van der Waals surface area contributed by atoms with Gasteiger partial charge in [0, 0.05) is 34.1 Å². The van der Waals surface area contributed by atoms with Crippen LogP contribution >= 0.6 is 0 Å². The second-order valence-electron chi connectivity index (χ2n) is 15.3. The summed E-state index contributed by atoms with van der Waals surface area (Å²) in [7, 11) is 0. The third-order valence-corrected chi connectivity index (χ3v) is 11.1. The maximum atomic E-state index is 6.18. The van der Waals surface area contributed by atoms with Gasteiger partial charge in [0.05, 0.1) is 12.7 Å². The largest absolute Gasteiger partial charge is 0.366 e. The first-order valence-corrected chi connectivity index (χ1v) is 21.0. The highest BCUT2D eigenvalue weighted by molar-refractivity contribution is 5.78. The minimum absolute atomic E-state index is 0.112. The number of allylic oxidation sites excluding steroid dienone is 3. The molecule has 58 heavy (non-hydrogen) atoms. The molecule has 0 fully saturated rings. The number of para-hydroxylation sites is 2. The highest BCUT2D eigenvalue weighted by Gasteiger charge is 2.15. The van der Waals surface area contributed by atoms with Gasteiger partial charge in [0.15, 0.2) is 0 Å². The highest BCUT2D eigenvalue weighted by Crippen LogP contribution is 2.37. The molecule has 3 nitrogen and oxygen atoms in total. The number of anilines is 6. The third-order valence-electron chi connectivity index (χ3n) is 11.1. The Labute approximate surface area is 347 Å². The van der Waals surface area contributed by atoms with E-state index in [-0.39, 0.29) is 6.10 Å². The lowest BCUT2D eigenvalue weighted by Gasteiger charge is -2.26. The third kappa shape index (κ3) is 10.2. The number of hydrogen-bond acceptors (Lipinski definition) is 3. The standard InChI is InChI=1S/C55H56N2O/c1-5-13-43(4)48-28-36-54(37-29-48)57(50-16-11-8-12-17-50)51-30-20-44(21-31-51)18-19-46-25-39-55(58-41-40-46)38-24-45-22-32-52(33-23-45)56(49-14-9-7-10-15-49)53-34-26-47(27-35-53)42(3)6-2/h7-12,14-40,42-43,55H,5-6,13,41H2,1-4H3/b19-18+,38-24+/t42?,43?,55-/m0/s1. The van der Waals surface area contributed by atoms with Crippen molar-refractivity contribution in [3.63, 3.8) is 0 Å². The smallest absolute Gasteiger partial charge is 0.0948 e. The van der Waals surface area contributed by atoms with Crippen molar-refractivity contribution in [1.82, 2.24) is 0 Å². The summed E-state index contributed by atoms with van der Waals surface area (Å²) in [6.45, 7) is 9.64. The highest BCUT2D eigenvalue weighted by atomic mass is 16.5. The van der Waals surface area contributed by atoms with Crippen molar-refractivity contribution in [3.05, 3.63) is 216 Å². The molecule has 0 saturated heterocycles. The molecule has 0 radical (unpaired) electrons. The normalized spacial score (nSPS) is 15.2. The molecule has 6 aromatic rings. The number of hydrogen-bond donors (Lipinski definition) is 0. The van der Waals surface area contributed by atoms with Crippen molar-refractivity contribution < 1.29 is 4.74 Å². The molecule has 292 valence electrons. The van der Waals surface area contributed by atoms with E-state index in [2.05, 4.69) is 238 Å². The zero-order valence-electron chi connectivity index (χ0n) is 34.4. The maximum Gasteiger partial charge on any atom is 0.0948 e. The van der Waals surface area contributed by atoms with E-state index in [0.717, 1.165) is 57.2 Å². The van der Waals surface area contributed by atoms with Gasteiger partial charge in [-0.2, -0.15) is 0 Å². The fourth-order valence-corrected chi connectivity index (χ4v) is 7.48. The zero-order valence-corrected chi connectivity index (χ0v) is 34.4. The average Bonchev–Trinajstić information content (AvgIpc) is 3.52. The lowest BCUT2D eigenvalue weighted by molar-refractivity contribution is 0.144. The Morgan fingerprint density at radius 3 is 1.47 bits per heavy atom. The van der Waals surface area contributed by atoms with Crippen LogP contribution in [0.2, 0.25) is 0 Å². The van der Waals surface area contributed by atoms with E-state index in [1.165, 1.54) is 24.0 Å². The Morgan fingerprint density at radius 1 is 0.534 bits per heavy atom. The molecule has 0 saturated carbocycles. The minimum Gasteiger partial charge on any atom is -0.366 e. The SMILES string of the molecule is CCCC(C)c1ccc(N(c2ccccc2)c2ccc(/C=C/C3=CCO[C@@H](/C=C/c4ccc(N(c5ccccc5)c5ccc(C(C)CC)cc5)cc4)C=C3)cc2)cc1. The first-order chi connectivity index (χ1) is 28.5. The number of ether oxygens (including phenoxy) is 1. The van der Waals surface area contributed by atoms with Crippen LogP contribution < -0.4 is 9.80 Å². The lowest BCUT2D eigenvalue weighted by atomic mass is 9.96. The lowest BCUT2D eigenvalue weighted by Crippen LogP contribution is -2.10. The number of nitrogens with zero attached hydrogens (tertiary/aromatic N) is 2. The molecule has 0 aliphatic carbocycles. The Kier molecular flexibility index (Phi) is 13.7. The zero-order chi connectivity index (χ0) is 40.1. The molecule has 0 N–H and O–H groups in total. The van der Waals surface area contributed by atoms with Gasteiger partial charge in [-0.05, 0) is 125 Å². The van der Waals surface area contributed by atoms with Crippen molar-refractivity contribution in [3.8, 4) is 0 Å². The monoisotopic (exact) mass is 760 g/mol. The van der Waals surface area contributed by atoms with E-state index >= 15 is 0 Å². The summed E-state index contributed by atoms with van der Waals surface area (Å²) in [6, 6.07) is 56.8. The first-order valence-electron chi connectivity index (χ1n) is 21.0. The van der Waals surface area contributed by atoms with Gasteiger partial charge in [-0.3, -0.25) is 0 Å². The van der Waals surface area contributed by atoms with E-state index in [0.29, 0.717) is 18.4 Å². The average molecular weight is 761 g/mol. The minimum atomic E-state index is -0.112. The predicted octanol–water partition coefficient (Wildman–Crippen LogP) is 15.7. The molecule has 0 amide bonds. The quantitative estimate of drug-likeness (QED) is 0.104. The molecular formula is C55H56N2O. The van der Waals surface area contributed by atoms with Crippen LogP contribution in [-0.2, 0) is 4.74 Å².